The van der Waals surface area contributed by atoms with Crippen LogP contribution in [0.2, 0.25) is 0 Å². The van der Waals surface area contributed by atoms with Gasteiger partial charge in [0.1, 0.15) is 17.6 Å². The molecule has 0 aromatic carbocycles. The highest BCUT2D eigenvalue weighted by atomic mass is 32.1. The normalized spacial score (nSPS) is 19.9. The smallest absolute Gasteiger partial charge is 0.319 e. The Morgan fingerprint density at radius 3 is 2.83 bits per heavy atom. The maximum Gasteiger partial charge on any atom is 0.325 e. The number of nitrogens with one attached hydrogen (secondary N) is 2. The molecule has 122 valence electrons. The molecule has 0 bridgehead atoms. The van der Waals surface area contributed by atoms with E-state index >= 15 is 0 Å². The topological polar surface area (TPSA) is 102 Å². The fourth-order valence-electron chi connectivity index (χ4n) is 2.37. The number of hydrogen-bond acceptors (Lipinski definition) is 6. The van der Waals surface area contributed by atoms with Crippen molar-refractivity contribution in [1.82, 2.24) is 10.2 Å². The number of carbonyl (C=O) groups is 3. The van der Waals surface area contributed by atoms with E-state index in [0.717, 1.165) is 4.90 Å². The maximum atomic E-state index is 12.6. The molecule has 4 amide bonds. The molecule has 0 radical (unpaired) electrons. The van der Waals surface area contributed by atoms with Crippen molar-refractivity contribution in [3.05, 3.63) is 39.4 Å². The lowest BCUT2D eigenvalue weighted by atomic mass is 10.0. The number of anilines is 1. The predicted molar refractivity (Wildman–Crippen MR) is 89.6 cm³/mol. The number of nitriles is 1. The Bertz CT molecular complexity index is 852. The molecule has 1 atom stereocenters. The molecule has 1 saturated heterocycles. The van der Waals surface area contributed by atoms with E-state index in [-0.39, 0.29) is 0 Å². The third kappa shape index (κ3) is 2.66. The Balaban J connectivity index is 1.74. The molecule has 3 heterocycles. The molecule has 2 N–H and O–H groups in total. The summed E-state index contributed by atoms with van der Waals surface area (Å²) in [5, 5.41) is 18.0. The van der Waals surface area contributed by atoms with Crippen molar-refractivity contribution in [2.24, 2.45) is 0 Å². The van der Waals surface area contributed by atoms with E-state index in [1.54, 1.807) is 30.5 Å². The monoisotopic (exact) mass is 360 g/mol. The SMILES string of the molecule is CC1(c2cccs2)NC(=O)N(CC(=O)Nc2sccc2C#N)C1=O. The lowest BCUT2D eigenvalue weighted by molar-refractivity contribution is -0.133. The van der Waals surface area contributed by atoms with Gasteiger partial charge < -0.3 is 10.6 Å². The zero-order chi connectivity index (χ0) is 17.3. The van der Waals surface area contributed by atoms with Crippen molar-refractivity contribution >= 4 is 45.5 Å². The van der Waals surface area contributed by atoms with E-state index in [1.807, 2.05) is 11.4 Å². The van der Waals surface area contributed by atoms with Gasteiger partial charge in [-0.1, -0.05) is 6.07 Å². The third-order valence-electron chi connectivity index (χ3n) is 3.63. The van der Waals surface area contributed by atoms with Crippen molar-refractivity contribution in [3.8, 4) is 6.07 Å². The summed E-state index contributed by atoms with van der Waals surface area (Å²) in [4.78, 5) is 38.5. The first-order chi connectivity index (χ1) is 11.5. The average molecular weight is 360 g/mol. The largest absolute Gasteiger partial charge is 0.325 e. The highest BCUT2D eigenvalue weighted by Crippen LogP contribution is 2.31. The van der Waals surface area contributed by atoms with Crippen molar-refractivity contribution < 1.29 is 14.4 Å². The number of hydrogen-bond donors (Lipinski definition) is 2. The molecule has 0 spiro atoms. The van der Waals surface area contributed by atoms with Gasteiger partial charge in [-0.3, -0.25) is 14.5 Å². The Hall–Kier alpha value is -2.70. The van der Waals surface area contributed by atoms with Gasteiger partial charge in [-0.05, 0) is 29.8 Å². The minimum Gasteiger partial charge on any atom is -0.319 e. The fourth-order valence-corrected chi connectivity index (χ4v) is 3.96. The summed E-state index contributed by atoms with van der Waals surface area (Å²) in [5.41, 5.74) is -0.819. The van der Waals surface area contributed by atoms with Gasteiger partial charge in [0, 0.05) is 4.88 Å². The first-order valence-electron chi connectivity index (χ1n) is 6.91. The van der Waals surface area contributed by atoms with Gasteiger partial charge in [-0.15, -0.1) is 22.7 Å². The van der Waals surface area contributed by atoms with Crippen molar-refractivity contribution in [3.63, 3.8) is 0 Å². The minimum absolute atomic E-state index is 0.342. The van der Waals surface area contributed by atoms with Crippen LogP contribution in [0.3, 0.4) is 0 Å². The molecule has 1 aliphatic heterocycles. The number of imide groups is 1. The zero-order valence-corrected chi connectivity index (χ0v) is 14.2. The van der Waals surface area contributed by atoms with Crippen LogP contribution in [0.5, 0.6) is 0 Å². The van der Waals surface area contributed by atoms with Crippen LogP contribution >= 0.6 is 22.7 Å². The lowest BCUT2D eigenvalue weighted by Crippen LogP contribution is -2.41. The molecular formula is C15H12N4O3S2. The van der Waals surface area contributed by atoms with Gasteiger partial charge in [-0.2, -0.15) is 5.26 Å². The number of rotatable bonds is 4. The van der Waals surface area contributed by atoms with E-state index in [1.165, 1.54) is 22.7 Å². The maximum absolute atomic E-state index is 12.6. The van der Waals surface area contributed by atoms with Gasteiger partial charge in [0.05, 0.1) is 5.56 Å². The summed E-state index contributed by atoms with van der Waals surface area (Å²) < 4.78 is 0. The lowest BCUT2D eigenvalue weighted by Gasteiger charge is -2.19. The summed E-state index contributed by atoms with van der Waals surface area (Å²) in [7, 11) is 0. The van der Waals surface area contributed by atoms with E-state index < -0.39 is 29.9 Å². The van der Waals surface area contributed by atoms with Gasteiger partial charge in [-0.25, -0.2) is 4.79 Å². The first kappa shape index (κ1) is 16.2. The Kier molecular flexibility index (Phi) is 4.09. The van der Waals surface area contributed by atoms with E-state index in [4.69, 9.17) is 5.26 Å². The Labute approximate surface area is 145 Å². The highest BCUT2D eigenvalue weighted by molar-refractivity contribution is 7.14. The molecule has 1 unspecified atom stereocenters. The summed E-state index contributed by atoms with van der Waals surface area (Å²) in [6.45, 7) is 1.21. The molecule has 7 nitrogen and oxygen atoms in total. The van der Waals surface area contributed by atoms with Gasteiger partial charge >= 0.3 is 6.03 Å². The molecule has 2 aromatic heterocycles. The number of nitrogens with zero attached hydrogens (tertiary/aromatic N) is 2. The van der Waals surface area contributed by atoms with Crippen LogP contribution in [-0.4, -0.2) is 29.3 Å². The highest BCUT2D eigenvalue weighted by Gasteiger charge is 2.50. The number of urea groups is 1. The van der Waals surface area contributed by atoms with Crippen molar-refractivity contribution in [2.75, 3.05) is 11.9 Å². The first-order valence-corrected chi connectivity index (χ1v) is 8.67. The molecule has 2 aromatic rings. The quantitative estimate of drug-likeness (QED) is 0.815. The molecule has 0 saturated carbocycles. The van der Waals surface area contributed by atoms with Crippen LogP contribution in [0.1, 0.15) is 17.4 Å². The second-order valence-corrected chi connectivity index (χ2v) is 7.11. The Morgan fingerprint density at radius 2 is 2.17 bits per heavy atom. The summed E-state index contributed by atoms with van der Waals surface area (Å²) in [6.07, 6.45) is 0. The van der Waals surface area contributed by atoms with Gasteiger partial charge in [0.15, 0.2) is 5.54 Å². The summed E-state index contributed by atoms with van der Waals surface area (Å²) >= 11 is 2.56. The molecule has 24 heavy (non-hydrogen) atoms. The molecule has 1 aliphatic rings. The van der Waals surface area contributed by atoms with Gasteiger partial charge in [0.2, 0.25) is 5.91 Å². The standard InChI is InChI=1S/C15H12N4O3S2/c1-15(10-3-2-5-23-10)13(21)19(14(22)18-15)8-11(20)17-12-9(7-16)4-6-24-12/h2-6H,8H2,1H3,(H,17,20)(H,18,22). The number of thiophene rings is 2. The van der Waals surface area contributed by atoms with Gasteiger partial charge in [0.25, 0.3) is 5.91 Å². The second-order valence-electron chi connectivity index (χ2n) is 5.25. The van der Waals surface area contributed by atoms with E-state index in [0.29, 0.717) is 15.4 Å². The average Bonchev–Trinajstić information content (AvgIpc) is 3.26. The van der Waals surface area contributed by atoms with Crippen LogP contribution in [0.25, 0.3) is 0 Å². The summed E-state index contributed by atoms with van der Waals surface area (Å²) in [6, 6.07) is 6.49. The molecular weight excluding hydrogens is 348 g/mol. The van der Waals surface area contributed by atoms with Crippen LogP contribution < -0.4 is 10.6 Å². The van der Waals surface area contributed by atoms with Crippen molar-refractivity contribution in [2.45, 2.75) is 12.5 Å². The second kappa shape index (κ2) is 6.07. The van der Waals surface area contributed by atoms with Crippen LogP contribution in [0.15, 0.2) is 29.0 Å². The van der Waals surface area contributed by atoms with Crippen LogP contribution in [0.4, 0.5) is 9.80 Å². The minimum atomic E-state index is -1.16. The van der Waals surface area contributed by atoms with Crippen LogP contribution in [0, 0.1) is 11.3 Å². The summed E-state index contributed by atoms with van der Waals surface area (Å²) in [5.74, 6) is -1.01. The Morgan fingerprint density at radius 1 is 1.38 bits per heavy atom. The predicted octanol–water partition coefficient (Wildman–Crippen LogP) is 2.09. The van der Waals surface area contributed by atoms with E-state index in [2.05, 4.69) is 10.6 Å². The number of amides is 4. The molecule has 1 fully saturated rings. The van der Waals surface area contributed by atoms with Crippen molar-refractivity contribution in [1.29, 1.82) is 5.26 Å². The van der Waals surface area contributed by atoms with Crippen LogP contribution in [-0.2, 0) is 15.1 Å². The number of carbonyl (C=O) groups excluding carboxylic acids is 3. The molecule has 3 rings (SSSR count). The zero-order valence-electron chi connectivity index (χ0n) is 12.5. The molecule has 0 aliphatic carbocycles. The third-order valence-corrected chi connectivity index (χ3v) is 5.55. The fraction of sp³-hybridized carbons (Fsp3) is 0.200. The van der Waals surface area contributed by atoms with E-state index in [9.17, 15) is 14.4 Å². The molecule has 9 heteroatoms.